The minimum atomic E-state index is -0.0362. The molecule has 0 aromatic heterocycles. The summed E-state index contributed by atoms with van der Waals surface area (Å²) in [6.45, 7) is 5.95. The molecule has 2 nitrogen and oxygen atoms in total. The summed E-state index contributed by atoms with van der Waals surface area (Å²) in [5.41, 5.74) is 0. The van der Waals surface area contributed by atoms with Crippen molar-refractivity contribution in [3.05, 3.63) is 12.7 Å². The average molecular weight is 335 g/mol. The lowest BCUT2D eigenvalue weighted by Gasteiger charge is -2.37. The fourth-order valence-corrected chi connectivity index (χ4v) is 4.77. The third-order valence-corrected chi connectivity index (χ3v) is 6.34. The number of rotatable bonds is 9. The third-order valence-electron chi connectivity index (χ3n) is 6.34. The Morgan fingerprint density at radius 1 is 1.00 bits per heavy atom. The molecule has 0 saturated heterocycles. The highest BCUT2D eigenvalue weighted by atomic mass is 16.5. The van der Waals surface area contributed by atoms with Crippen molar-refractivity contribution in [3.63, 3.8) is 0 Å². The van der Waals surface area contributed by atoms with Crippen molar-refractivity contribution in [2.75, 3.05) is 0 Å². The molecule has 0 aliphatic heterocycles. The van der Waals surface area contributed by atoms with Crippen LogP contribution in [0.25, 0.3) is 0 Å². The van der Waals surface area contributed by atoms with Crippen LogP contribution < -0.4 is 0 Å². The molecule has 0 heterocycles. The normalized spacial score (nSPS) is 30.7. The fourth-order valence-electron chi connectivity index (χ4n) is 4.77. The molecule has 2 aliphatic rings. The Balaban J connectivity index is 1.61. The Morgan fingerprint density at radius 2 is 1.62 bits per heavy atom. The first kappa shape index (κ1) is 19.5. The molecule has 0 N–H and O–H groups in total. The number of hydrogen-bond donors (Lipinski definition) is 0. The van der Waals surface area contributed by atoms with E-state index in [-0.39, 0.29) is 12.1 Å². The number of esters is 1. The Kier molecular flexibility index (Phi) is 8.91. The van der Waals surface area contributed by atoms with Crippen LogP contribution in [0.2, 0.25) is 0 Å². The molecular weight excluding hydrogens is 296 g/mol. The molecule has 2 rings (SSSR count). The van der Waals surface area contributed by atoms with Gasteiger partial charge in [-0.25, -0.2) is 0 Å². The third kappa shape index (κ3) is 6.61. The van der Waals surface area contributed by atoms with E-state index in [9.17, 15) is 4.79 Å². The molecule has 0 spiro atoms. The fraction of sp³-hybridized carbons (Fsp3) is 0.864. The quantitative estimate of drug-likeness (QED) is 0.275. The first-order valence-corrected chi connectivity index (χ1v) is 10.5. The van der Waals surface area contributed by atoms with Crippen molar-refractivity contribution in [2.45, 2.75) is 103 Å². The zero-order valence-corrected chi connectivity index (χ0v) is 15.8. The topological polar surface area (TPSA) is 26.3 Å². The summed E-state index contributed by atoms with van der Waals surface area (Å²) in [6.07, 6.45) is 19.4. The van der Waals surface area contributed by atoms with E-state index in [1.807, 2.05) is 0 Å². The molecule has 2 aliphatic carbocycles. The summed E-state index contributed by atoms with van der Waals surface area (Å²) in [6, 6.07) is 0. The second-order valence-corrected chi connectivity index (χ2v) is 8.13. The molecule has 2 saturated carbocycles. The average Bonchev–Trinajstić information content (AvgIpc) is 2.61. The van der Waals surface area contributed by atoms with Gasteiger partial charge in [0.05, 0.1) is 0 Å². The number of carbonyl (C=O) groups excluding carboxylic acids is 1. The number of hydrogen-bond acceptors (Lipinski definition) is 2. The minimum Gasteiger partial charge on any atom is -0.462 e. The van der Waals surface area contributed by atoms with Crippen molar-refractivity contribution in [1.82, 2.24) is 0 Å². The lowest BCUT2D eigenvalue weighted by molar-refractivity contribution is -0.151. The predicted molar refractivity (Wildman–Crippen MR) is 101 cm³/mol. The second-order valence-electron chi connectivity index (χ2n) is 8.13. The minimum absolute atomic E-state index is 0.0362. The van der Waals surface area contributed by atoms with Gasteiger partial charge >= 0.3 is 5.97 Å². The van der Waals surface area contributed by atoms with Gasteiger partial charge in [0.25, 0.3) is 0 Å². The van der Waals surface area contributed by atoms with E-state index in [1.165, 1.54) is 64.2 Å². The van der Waals surface area contributed by atoms with Crippen molar-refractivity contribution in [3.8, 4) is 0 Å². The molecule has 0 aromatic carbocycles. The maximum absolute atomic E-state index is 11.7. The predicted octanol–water partition coefficient (Wildman–Crippen LogP) is 6.44. The van der Waals surface area contributed by atoms with Crippen LogP contribution in [0.5, 0.6) is 0 Å². The van der Waals surface area contributed by atoms with Crippen molar-refractivity contribution in [2.24, 2.45) is 17.8 Å². The van der Waals surface area contributed by atoms with Gasteiger partial charge in [-0.1, -0.05) is 51.5 Å². The summed E-state index contributed by atoms with van der Waals surface area (Å²) < 4.78 is 5.61. The maximum Gasteiger partial charge on any atom is 0.306 e. The molecule has 138 valence electrons. The smallest absolute Gasteiger partial charge is 0.306 e. The summed E-state index contributed by atoms with van der Waals surface area (Å²) in [4.78, 5) is 11.7. The molecule has 24 heavy (non-hydrogen) atoms. The Bertz CT molecular complexity index is 360. The highest BCUT2D eigenvalue weighted by molar-refractivity contribution is 5.69. The first-order chi connectivity index (χ1) is 11.7. The summed E-state index contributed by atoms with van der Waals surface area (Å²) in [5, 5.41) is 0. The molecule has 0 atom stereocenters. The van der Waals surface area contributed by atoms with Crippen molar-refractivity contribution < 1.29 is 9.53 Å². The lowest BCUT2D eigenvalue weighted by Crippen LogP contribution is -2.29. The van der Waals surface area contributed by atoms with Crippen LogP contribution in [0.1, 0.15) is 96.8 Å². The van der Waals surface area contributed by atoms with Crippen LogP contribution in [0, 0.1) is 17.8 Å². The molecule has 0 unspecified atom stereocenters. The van der Waals surface area contributed by atoms with Gasteiger partial charge in [-0.15, -0.1) is 6.58 Å². The molecule has 2 heteroatoms. The van der Waals surface area contributed by atoms with Gasteiger partial charge in [-0.3, -0.25) is 4.79 Å². The largest absolute Gasteiger partial charge is 0.462 e. The van der Waals surface area contributed by atoms with Crippen molar-refractivity contribution in [1.29, 1.82) is 0 Å². The van der Waals surface area contributed by atoms with E-state index in [0.29, 0.717) is 6.42 Å². The lowest BCUT2D eigenvalue weighted by atomic mass is 9.70. The SMILES string of the molecule is C=CCCC(=O)O[C@H]1CC[C@H]([C@H]2CC[C@H](CCCCC)CC2)CC1. The van der Waals surface area contributed by atoms with Gasteiger partial charge in [-0.2, -0.15) is 0 Å². The van der Waals surface area contributed by atoms with Crippen LogP contribution in [-0.4, -0.2) is 12.1 Å². The van der Waals surface area contributed by atoms with Gasteiger partial charge in [0, 0.05) is 6.42 Å². The van der Waals surface area contributed by atoms with E-state index in [4.69, 9.17) is 4.74 Å². The monoisotopic (exact) mass is 334 g/mol. The standard InChI is InChI=1S/C22H38O2/c1-3-5-7-8-18-10-12-19(13-11-18)20-14-16-21(17-15-20)24-22(23)9-6-4-2/h4,18-21H,2-3,5-17H2,1H3/t18-,19-,20-,21-. The molecule has 0 aromatic rings. The Morgan fingerprint density at radius 3 is 2.21 bits per heavy atom. The molecule has 0 bridgehead atoms. The number of ether oxygens (including phenoxy) is 1. The molecule has 0 amide bonds. The van der Waals surface area contributed by atoms with Crippen LogP contribution in [0.4, 0.5) is 0 Å². The van der Waals surface area contributed by atoms with E-state index < -0.39 is 0 Å². The van der Waals surface area contributed by atoms with Gasteiger partial charge in [0.2, 0.25) is 0 Å². The highest BCUT2D eigenvalue weighted by Crippen LogP contribution is 2.41. The van der Waals surface area contributed by atoms with Crippen molar-refractivity contribution >= 4 is 5.97 Å². The zero-order chi connectivity index (χ0) is 17.2. The maximum atomic E-state index is 11.7. The Labute approximate surface area is 149 Å². The molecule has 2 fully saturated rings. The summed E-state index contributed by atoms with van der Waals surface area (Å²) in [5.74, 6) is 2.82. The van der Waals surface area contributed by atoms with E-state index in [1.54, 1.807) is 6.08 Å². The van der Waals surface area contributed by atoms with Crippen LogP contribution in [-0.2, 0) is 9.53 Å². The van der Waals surface area contributed by atoms with E-state index in [0.717, 1.165) is 37.0 Å². The van der Waals surface area contributed by atoms with Crippen LogP contribution in [0.3, 0.4) is 0 Å². The number of carbonyl (C=O) groups is 1. The van der Waals surface area contributed by atoms with Gasteiger partial charge in [-0.05, 0) is 62.7 Å². The Hall–Kier alpha value is -0.790. The first-order valence-electron chi connectivity index (χ1n) is 10.5. The van der Waals surface area contributed by atoms with E-state index in [2.05, 4.69) is 13.5 Å². The summed E-state index contributed by atoms with van der Waals surface area (Å²) >= 11 is 0. The highest BCUT2D eigenvalue weighted by Gasteiger charge is 2.31. The van der Waals surface area contributed by atoms with Gasteiger partial charge in [0.1, 0.15) is 6.10 Å². The van der Waals surface area contributed by atoms with Crippen LogP contribution >= 0.6 is 0 Å². The van der Waals surface area contributed by atoms with Gasteiger partial charge in [0.15, 0.2) is 0 Å². The van der Waals surface area contributed by atoms with E-state index >= 15 is 0 Å². The number of allylic oxidation sites excluding steroid dienone is 1. The second kappa shape index (κ2) is 10.9. The number of unbranched alkanes of at least 4 members (excludes halogenated alkanes) is 2. The van der Waals surface area contributed by atoms with Gasteiger partial charge < -0.3 is 4.74 Å². The molecular formula is C22H38O2. The summed E-state index contributed by atoms with van der Waals surface area (Å²) in [7, 11) is 0. The molecule has 0 radical (unpaired) electrons. The zero-order valence-electron chi connectivity index (χ0n) is 15.8. The van der Waals surface area contributed by atoms with Crippen LogP contribution in [0.15, 0.2) is 12.7 Å².